The number of anilines is 1. The molecule has 0 radical (unpaired) electrons. The van der Waals surface area contributed by atoms with E-state index in [0.717, 1.165) is 5.39 Å². The summed E-state index contributed by atoms with van der Waals surface area (Å²) in [6, 6.07) is 11.5. The fraction of sp³-hybridized carbons (Fsp3) is 0.111. The number of carbonyl (C=O) groups is 1. The van der Waals surface area contributed by atoms with Crippen molar-refractivity contribution in [1.82, 2.24) is 4.98 Å². The molecule has 0 aliphatic rings. The maximum atomic E-state index is 12.7. The van der Waals surface area contributed by atoms with Crippen molar-refractivity contribution in [3.05, 3.63) is 69.9 Å². The lowest BCUT2D eigenvalue weighted by atomic mass is 10.1. The van der Waals surface area contributed by atoms with Crippen molar-refractivity contribution in [2.24, 2.45) is 0 Å². The minimum Gasteiger partial charge on any atom is -0.497 e. The molecule has 7 heteroatoms. The number of fused-ring (bicyclic) bond motifs is 1. The van der Waals surface area contributed by atoms with Gasteiger partial charge in [0.05, 0.1) is 23.2 Å². The van der Waals surface area contributed by atoms with Gasteiger partial charge in [-0.05, 0) is 25.1 Å². The number of amides is 1. The Kier molecular flexibility index (Phi) is 4.30. The molecule has 3 aromatic rings. The van der Waals surface area contributed by atoms with E-state index in [4.69, 9.17) is 4.74 Å². The summed E-state index contributed by atoms with van der Waals surface area (Å²) in [5, 5.41) is 14.7. The third-order valence-corrected chi connectivity index (χ3v) is 3.91. The third kappa shape index (κ3) is 3.12. The third-order valence-electron chi connectivity index (χ3n) is 3.91. The number of rotatable bonds is 4. The molecule has 0 saturated carbocycles. The molecule has 0 aliphatic carbocycles. The van der Waals surface area contributed by atoms with Crippen LogP contribution in [0.25, 0.3) is 10.9 Å². The first-order chi connectivity index (χ1) is 12.0. The highest BCUT2D eigenvalue weighted by Crippen LogP contribution is 2.29. The van der Waals surface area contributed by atoms with Gasteiger partial charge < -0.3 is 10.1 Å². The molecule has 0 bridgehead atoms. The lowest BCUT2D eigenvalue weighted by Crippen LogP contribution is -2.14. The molecule has 126 valence electrons. The average molecular weight is 337 g/mol. The Hall–Kier alpha value is -3.48. The molecule has 0 aliphatic heterocycles. The van der Waals surface area contributed by atoms with Crippen LogP contribution in [0.2, 0.25) is 0 Å². The molecular formula is C18H15N3O4. The molecule has 2 aromatic carbocycles. The molecule has 1 aromatic heterocycles. The molecule has 0 unspecified atom stereocenters. The van der Waals surface area contributed by atoms with Crippen molar-refractivity contribution in [2.45, 2.75) is 6.92 Å². The number of aromatic nitrogens is 1. The van der Waals surface area contributed by atoms with Gasteiger partial charge in [0.1, 0.15) is 5.75 Å². The monoisotopic (exact) mass is 337 g/mol. The summed E-state index contributed by atoms with van der Waals surface area (Å²) in [5.74, 6) is 0.132. The first-order valence-corrected chi connectivity index (χ1v) is 7.49. The highest BCUT2D eigenvalue weighted by molar-refractivity contribution is 6.09. The first kappa shape index (κ1) is 16.4. The molecule has 0 spiro atoms. The molecule has 3 rings (SSSR count). The number of nitrogens with one attached hydrogen (secondary N) is 1. The van der Waals surface area contributed by atoms with Gasteiger partial charge in [0.25, 0.3) is 11.6 Å². The topological polar surface area (TPSA) is 94.4 Å². The van der Waals surface area contributed by atoms with Crippen molar-refractivity contribution in [3.63, 3.8) is 0 Å². The van der Waals surface area contributed by atoms with Gasteiger partial charge in [-0.2, -0.15) is 0 Å². The Morgan fingerprint density at radius 2 is 2.04 bits per heavy atom. The standard InChI is InChI=1S/C18H15N3O4/c1-11-14(6-3-7-16(11)21(23)24)18(22)20-15-10-13(25-2)9-12-5-4-8-19-17(12)15/h3-10H,1-2H3,(H,20,22). The van der Waals surface area contributed by atoms with Gasteiger partial charge in [0, 0.05) is 34.8 Å². The van der Waals surface area contributed by atoms with Gasteiger partial charge in [-0.1, -0.05) is 12.1 Å². The van der Waals surface area contributed by atoms with Crippen LogP contribution in [0, 0.1) is 17.0 Å². The van der Waals surface area contributed by atoms with Crippen LogP contribution in [0.3, 0.4) is 0 Å². The lowest BCUT2D eigenvalue weighted by Gasteiger charge is -2.11. The number of nitro benzene ring substituents is 1. The van der Waals surface area contributed by atoms with Crippen molar-refractivity contribution >= 4 is 28.2 Å². The predicted octanol–water partition coefficient (Wildman–Crippen LogP) is 3.71. The summed E-state index contributed by atoms with van der Waals surface area (Å²) in [7, 11) is 1.54. The Balaban J connectivity index is 2.03. The van der Waals surface area contributed by atoms with E-state index in [1.807, 2.05) is 12.1 Å². The smallest absolute Gasteiger partial charge is 0.273 e. The van der Waals surface area contributed by atoms with Crippen LogP contribution in [0.5, 0.6) is 5.75 Å². The summed E-state index contributed by atoms with van der Waals surface area (Å²) in [5.41, 5.74) is 1.54. The molecule has 0 fully saturated rings. The number of methoxy groups -OCH3 is 1. The second-order valence-electron chi connectivity index (χ2n) is 5.41. The van der Waals surface area contributed by atoms with Crippen molar-refractivity contribution in [2.75, 3.05) is 12.4 Å². The van der Waals surface area contributed by atoms with Gasteiger partial charge in [-0.15, -0.1) is 0 Å². The van der Waals surface area contributed by atoms with Crippen LogP contribution in [0.1, 0.15) is 15.9 Å². The fourth-order valence-corrected chi connectivity index (χ4v) is 2.63. The van der Waals surface area contributed by atoms with Crippen molar-refractivity contribution < 1.29 is 14.5 Å². The van der Waals surface area contributed by atoms with Gasteiger partial charge in [-0.3, -0.25) is 19.9 Å². The highest BCUT2D eigenvalue weighted by Gasteiger charge is 2.19. The number of hydrogen-bond acceptors (Lipinski definition) is 5. The number of carbonyl (C=O) groups excluding carboxylic acids is 1. The van der Waals surface area contributed by atoms with Crippen LogP contribution in [-0.4, -0.2) is 22.9 Å². The lowest BCUT2D eigenvalue weighted by molar-refractivity contribution is -0.385. The number of hydrogen-bond donors (Lipinski definition) is 1. The highest BCUT2D eigenvalue weighted by atomic mass is 16.6. The van der Waals surface area contributed by atoms with E-state index in [1.54, 1.807) is 31.3 Å². The molecule has 25 heavy (non-hydrogen) atoms. The van der Waals surface area contributed by atoms with Crippen LogP contribution in [0.4, 0.5) is 11.4 Å². The Morgan fingerprint density at radius 1 is 1.24 bits per heavy atom. The maximum absolute atomic E-state index is 12.7. The predicted molar refractivity (Wildman–Crippen MR) is 94.1 cm³/mol. The average Bonchev–Trinajstić information content (AvgIpc) is 2.61. The number of benzene rings is 2. The summed E-state index contributed by atoms with van der Waals surface area (Å²) in [4.78, 5) is 27.5. The van der Waals surface area contributed by atoms with E-state index >= 15 is 0 Å². The van der Waals surface area contributed by atoms with Gasteiger partial charge >= 0.3 is 0 Å². The molecule has 0 atom stereocenters. The van der Waals surface area contributed by atoms with Crippen molar-refractivity contribution in [3.8, 4) is 5.75 Å². The largest absolute Gasteiger partial charge is 0.497 e. The summed E-state index contributed by atoms with van der Waals surface area (Å²) in [6.45, 7) is 1.55. The SMILES string of the molecule is COc1cc(NC(=O)c2cccc([N+](=O)[O-])c2C)c2ncccc2c1. The number of pyridine rings is 1. The first-order valence-electron chi connectivity index (χ1n) is 7.49. The Bertz CT molecular complexity index is 985. The van der Waals surface area contributed by atoms with E-state index in [2.05, 4.69) is 10.3 Å². The van der Waals surface area contributed by atoms with Crippen LogP contribution >= 0.6 is 0 Å². The van der Waals surface area contributed by atoms with Crippen LogP contribution in [-0.2, 0) is 0 Å². The maximum Gasteiger partial charge on any atom is 0.273 e. The molecule has 1 N–H and O–H groups in total. The summed E-state index contributed by atoms with van der Waals surface area (Å²) in [6.07, 6.45) is 1.63. The molecular weight excluding hydrogens is 322 g/mol. The van der Waals surface area contributed by atoms with E-state index < -0.39 is 10.8 Å². The second-order valence-corrected chi connectivity index (χ2v) is 5.41. The minimum atomic E-state index is -0.505. The van der Waals surface area contributed by atoms with E-state index in [9.17, 15) is 14.9 Å². The Labute approximate surface area is 143 Å². The quantitative estimate of drug-likeness (QED) is 0.578. The fourth-order valence-electron chi connectivity index (χ4n) is 2.63. The normalized spacial score (nSPS) is 10.5. The molecule has 0 saturated heterocycles. The number of nitro groups is 1. The molecule has 1 heterocycles. The minimum absolute atomic E-state index is 0.0960. The van der Waals surface area contributed by atoms with E-state index in [-0.39, 0.29) is 11.3 Å². The summed E-state index contributed by atoms with van der Waals surface area (Å²) >= 11 is 0. The van der Waals surface area contributed by atoms with Crippen LogP contribution < -0.4 is 10.1 Å². The van der Waals surface area contributed by atoms with Gasteiger partial charge in [0.2, 0.25) is 0 Å². The molecule has 7 nitrogen and oxygen atoms in total. The number of nitrogens with zero attached hydrogens (tertiary/aromatic N) is 2. The second kappa shape index (κ2) is 6.56. The van der Waals surface area contributed by atoms with E-state index in [0.29, 0.717) is 22.5 Å². The zero-order chi connectivity index (χ0) is 18.0. The van der Waals surface area contributed by atoms with Crippen LogP contribution in [0.15, 0.2) is 48.7 Å². The van der Waals surface area contributed by atoms with Crippen molar-refractivity contribution in [1.29, 1.82) is 0 Å². The molecule has 1 amide bonds. The van der Waals surface area contributed by atoms with E-state index in [1.165, 1.54) is 19.2 Å². The van der Waals surface area contributed by atoms with Gasteiger partial charge in [-0.25, -0.2) is 0 Å². The zero-order valence-electron chi connectivity index (χ0n) is 13.6. The Morgan fingerprint density at radius 3 is 2.76 bits per heavy atom. The van der Waals surface area contributed by atoms with Gasteiger partial charge in [0.15, 0.2) is 0 Å². The number of ether oxygens (including phenoxy) is 1. The summed E-state index contributed by atoms with van der Waals surface area (Å²) < 4.78 is 5.26. The zero-order valence-corrected chi connectivity index (χ0v) is 13.6.